The van der Waals surface area contributed by atoms with Crippen molar-refractivity contribution in [1.29, 1.82) is 0 Å². The number of halogens is 3. The molecule has 1 aromatic rings. The summed E-state index contributed by atoms with van der Waals surface area (Å²) in [7, 11) is 0. The average Bonchev–Trinajstić information content (AvgIpc) is 3.20. The van der Waals surface area contributed by atoms with Crippen LogP contribution < -0.4 is 10.6 Å². The maximum Gasteiger partial charge on any atom is 0.240 e. The van der Waals surface area contributed by atoms with Crippen molar-refractivity contribution in [3.63, 3.8) is 0 Å². The van der Waals surface area contributed by atoms with E-state index in [1.807, 2.05) is 6.08 Å². The number of carbonyl (C=O) groups is 1. The van der Waals surface area contributed by atoms with Crippen molar-refractivity contribution in [3.8, 4) is 11.8 Å². The third-order valence-electron chi connectivity index (χ3n) is 6.89. The van der Waals surface area contributed by atoms with Gasteiger partial charge in [-0.05, 0) is 31.4 Å². The second-order valence-corrected chi connectivity index (χ2v) is 11.6. The molecule has 2 fully saturated rings. The summed E-state index contributed by atoms with van der Waals surface area (Å²) in [6.45, 7) is 2.53. The van der Waals surface area contributed by atoms with Gasteiger partial charge in [0.05, 0.1) is 24.1 Å². The van der Waals surface area contributed by atoms with E-state index in [9.17, 15) is 28.4 Å². The number of rotatable bonds is 5. The Hall–Kier alpha value is -1.40. The van der Waals surface area contributed by atoms with Crippen molar-refractivity contribution in [2.45, 2.75) is 66.8 Å². The standard InChI is InChI=1S/C26H32ClFN2O6S.CH3FS/c1-13(27)18(24-21(32)20(31)22(33)26(36-24)37-2)30-25(34)19-23-16(12-29-19)10-15(8-9-35-23)7-6-14-4-3-5-17(28)11-14;1-3-2/h3-5,10-11,13,16,18-24,26,29,31-33H,8-9,12H2,1-2H3,(H,30,34);1H3/t13-,16-,18+,19-,20+,21?,22+,23+,24+,26?;/m0./s1. The van der Waals surface area contributed by atoms with Crippen LogP contribution in [-0.2, 0) is 14.3 Å². The molecule has 0 aliphatic carbocycles. The van der Waals surface area contributed by atoms with E-state index in [-0.39, 0.29) is 29.8 Å². The zero-order chi connectivity index (χ0) is 29.4. The highest BCUT2D eigenvalue weighted by molar-refractivity contribution is 7.99. The predicted molar refractivity (Wildman–Crippen MR) is 153 cm³/mol. The number of nitrogens with one attached hydrogen (secondary N) is 2. The molecule has 2 unspecified atom stereocenters. The first-order valence-corrected chi connectivity index (χ1v) is 15.6. The molecule has 0 spiro atoms. The van der Waals surface area contributed by atoms with Crippen LogP contribution in [0.15, 0.2) is 35.9 Å². The largest absolute Gasteiger partial charge is 0.388 e. The highest BCUT2D eigenvalue weighted by Crippen LogP contribution is 2.31. The van der Waals surface area contributed by atoms with Gasteiger partial charge in [-0.3, -0.25) is 4.79 Å². The molecule has 5 N–H and O–H groups in total. The Morgan fingerprint density at radius 1 is 1.23 bits per heavy atom. The molecule has 4 rings (SSSR count). The molecule has 8 nitrogen and oxygen atoms in total. The Labute approximate surface area is 246 Å². The highest BCUT2D eigenvalue weighted by atomic mass is 35.5. The Bertz CT molecular complexity index is 1090. The maximum atomic E-state index is 13.4. The summed E-state index contributed by atoms with van der Waals surface area (Å²) in [6.07, 6.45) is 0.0398. The van der Waals surface area contributed by atoms with Gasteiger partial charge >= 0.3 is 0 Å². The van der Waals surface area contributed by atoms with Gasteiger partial charge < -0.3 is 35.4 Å². The quantitative estimate of drug-likeness (QED) is 0.249. The fourth-order valence-corrected chi connectivity index (χ4v) is 5.79. The van der Waals surface area contributed by atoms with Gasteiger partial charge in [0, 0.05) is 48.4 Å². The van der Waals surface area contributed by atoms with Crippen molar-refractivity contribution >= 4 is 41.4 Å². The monoisotopic (exact) mass is 620 g/mol. The number of carbonyl (C=O) groups excluding carboxylic acids is 1. The lowest BCUT2D eigenvalue weighted by Crippen LogP contribution is -2.65. The SMILES string of the molecule is CSC1O[C@H]([C@H](NC(=O)[C@H]2NC[C@@H]3C=C(C#Cc4cccc(F)c4)CCO[C@@H]23)[C@H](C)Cl)C(O)[C@@H](O)[C@H]1O.CSF. The number of aliphatic hydroxyl groups is 3. The van der Waals surface area contributed by atoms with Crippen LogP contribution in [0.3, 0.4) is 0 Å². The zero-order valence-electron chi connectivity index (χ0n) is 22.3. The van der Waals surface area contributed by atoms with E-state index in [1.165, 1.54) is 30.2 Å². The van der Waals surface area contributed by atoms with Gasteiger partial charge in [0.1, 0.15) is 41.7 Å². The van der Waals surface area contributed by atoms with Gasteiger partial charge in [0.15, 0.2) is 0 Å². The number of alkyl halides is 1. The molecule has 0 aromatic heterocycles. The predicted octanol–water partition coefficient (Wildman–Crippen LogP) is 2.00. The Balaban J connectivity index is 0.00000141. The first kappa shape index (κ1) is 33.1. The Morgan fingerprint density at radius 3 is 2.60 bits per heavy atom. The highest BCUT2D eigenvalue weighted by Gasteiger charge is 2.49. The van der Waals surface area contributed by atoms with Crippen molar-refractivity contribution in [2.75, 3.05) is 25.7 Å². The fourth-order valence-electron chi connectivity index (χ4n) is 4.91. The number of thioether (sulfide) groups is 1. The summed E-state index contributed by atoms with van der Waals surface area (Å²) in [6, 6.07) is 4.59. The summed E-state index contributed by atoms with van der Waals surface area (Å²) >= 11 is 7.83. The molecule has 1 aromatic carbocycles. The summed E-state index contributed by atoms with van der Waals surface area (Å²) < 4.78 is 35.5. The van der Waals surface area contributed by atoms with E-state index in [1.54, 1.807) is 25.3 Å². The van der Waals surface area contributed by atoms with Crippen molar-refractivity contribution in [2.24, 2.45) is 5.92 Å². The van der Waals surface area contributed by atoms with Crippen LogP contribution in [0.25, 0.3) is 0 Å². The van der Waals surface area contributed by atoms with Crippen LogP contribution in [0.1, 0.15) is 18.9 Å². The third-order valence-corrected chi connectivity index (χ3v) is 8.02. The van der Waals surface area contributed by atoms with Crippen LogP contribution >= 0.6 is 35.5 Å². The van der Waals surface area contributed by atoms with Gasteiger partial charge in [-0.15, -0.1) is 23.4 Å². The molecule has 3 aliphatic heterocycles. The number of fused-ring (bicyclic) bond motifs is 1. The van der Waals surface area contributed by atoms with Crippen LogP contribution in [0.2, 0.25) is 0 Å². The van der Waals surface area contributed by atoms with Gasteiger partial charge in [-0.2, -0.15) is 3.89 Å². The minimum atomic E-state index is -1.44. The van der Waals surface area contributed by atoms with E-state index in [2.05, 4.69) is 22.5 Å². The molecule has 3 heterocycles. The summed E-state index contributed by atoms with van der Waals surface area (Å²) in [5.74, 6) is 5.27. The van der Waals surface area contributed by atoms with Gasteiger partial charge in [-0.25, -0.2) is 4.39 Å². The van der Waals surface area contributed by atoms with Crippen LogP contribution in [0.4, 0.5) is 8.28 Å². The number of ether oxygens (including phenoxy) is 2. The molecule has 1 amide bonds. The molecule has 3 aliphatic rings. The lowest BCUT2D eigenvalue weighted by Gasteiger charge is -2.44. The zero-order valence-corrected chi connectivity index (χ0v) is 24.7. The molecule has 222 valence electrons. The van der Waals surface area contributed by atoms with Gasteiger partial charge in [-0.1, -0.05) is 24.0 Å². The number of aliphatic hydroxyl groups excluding tert-OH is 3. The normalized spacial score (nSPS) is 33.1. The summed E-state index contributed by atoms with van der Waals surface area (Å²) in [5.41, 5.74) is 0.662. The molecule has 2 saturated heterocycles. The smallest absolute Gasteiger partial charge is 0.240 e. The van der Waals surface area contributed by atoms with E-state index in [4.69, 9.17) is 21.1 Å². The van der Waals surface area contributed by atoms with Crippen molar-refractivity contribution in [3.05, 3.63) is 47.3 Å². The lowest BCUT2D eigenvalue weighted by atomic mass is 9.92. The topological polar surface area (TPSA) is 120 Å². The first-order valence-electron chi connectivity index (χ1n) is 12.8. The Kier molecular flexibility index (Phi) is 13.0. The van der Waals surface area contributed by atoms with E-state index < -0.39 is 53.4 Å². The molecule has 0 saturated carbocycles. The van der Waals surface area contributed by atoms with Gasteiger partial charge in [0.25, 0.3) is 0 Å². The van der Waals surface area contributed by atoms with Crippen molar-refractivity contribution in [1.82, 2.24) is 10.6 Å². The Morgan fingerprint density at radius 2 is 1.95 bits per heavy atom. The molecular weight excluding hydrogens is 586 g/mol. The minimum Gasteiger partial charge on any atom is -0.388 e. The molecule has 0 bridgehead atoms. The summed E-state index contributed by atoms with van der Waals surface area (Å²) in [4.78, 5) is 13.3. The van der Waals surface area contributed by atoms with Crippen molar-refractivity contribution < 1.29 is 37.9 Å². The number of amides is 1. The average molecular weight is 621 g/mol. The lowest BCUT2D eigenvalue weighted by molar-refractivity contribution is -0.205. The third kappa shape index (κ3) is 8.33. The molecule has 0 radical (unpaired) electrons. The molecule has 40 heavy (non-hydrogen) atoms. The molecular formula is C27H35ClF2N2O6S2. The second-order valence-electron chi connectivity index (χ2n) is 9.63. The van der Waals surface area contributed by atoms with Gasteiger partial charge in [0.2, 0.25) is 5.91 Å². The van der Waals surface area contributed by atoms with Crippen LogP contribution in [-0.4, -0.2) is 100 Å². The molecule has 13 heteroatoms. The van der Waals surface area contributed by atoms with E-state index in [0.29, 0.717) is 25.1 Å². The minimum absolute atomic E-state index is 0.101. The number of hydrogen-bond acceptors (Lipinski definition) is 9. The van der Waals surface area contributed by atoms with Crippen LogP contribution in [0, 0.1) is 23.6 Å². The number of hydrogen-bond donors (Lipinski definition) is 5. The fraction of sp³-hybridized carbons (Fsp3) is 0.593. The van der Waals surface area contributed by atoms with Crippen LogP contribution in [0.5, 0.6) is 0 Å². The first-order chi connectivity index (χ1) is 19.1. The summed E-state index contributed by atoms with van der Waals surface area (Å²) in [5, 5.41) is 36.5. The van der Waals surface area contributed by atoms with E-state index >= 15 is 0 Å². The second kappa shape index (κ2) is 15.7. The molecule has 10 atom stereocenters. The van der Waals surface area contributed by atoms with E-state index in [0.717, 1.165) is 5.57 Å². The maximum absolute atomic E-state index is 13.4. The number of benzene rings is 1.